The molecule has 0 radical (unpaired) electrons. The lowest BCUT2D eigenvalue weighted by molar-refractivity contribution is -0.00414. The second-order valence-corrected chi connectivity index (χ2v) is 7.87. The van der Waals surface area contributed by atoms with Gasteiger partial charge in [0.2, 0.25) is 0 Å². The van der Waals surface area contributed by atoms with Crippen LogP contribution in [0.15, 0.2) is 54.6 Å². The first-order chi connectivity index (χ1) is 14.1. The van der Waals surface area contributed by atoms with Crippen molar-refractivity contribution >= 4 is 11.6 Å². The molecule has 2 aliphatic rings. The Hall–Kier alpha value is -2.96. The van der Waals surface area contributed by atoms with Crippen LogP contribution in [0.4, 0.5) is 5.69 Å². The van der Waals surface area contributed by atoms with E-state index in [-0.39, 0.29) is 12.0 Å². The highest BCUT2D eigenvalue weighted by atomic mass is 16.3. The number of likely N-dealkylation sites (tertiary alicyclic amines) is 1. The van der Waals surface area contributed by atoms with E-state index in [2.05, 4.69) is 28.2 Å². The first-order valence-electron chi connectivity index (χ1n) is 10.0. The van der Waals surface area contributed by atoms with Crippen LogP contribution in [0.2, 0.25) is 0 Å². The number of β-amino-alcohol motifs (C(OH)–C–C–N with tert-alkyl or cyclic N) is 1. The molecule has 3 aromatic rings. The molecule has 2 aromatic carbocycles. The molecule has 1 aromatic heterocycles. The van der Waals surface area contributed by atoms with Crippen LogP contribution in [0.5, 0.6) is 0 Å². The van der Waals surface area contributed by atoms with Gasteiger partial charge in [-0.05, 0) is 35.2 Å². The van der Waals surface area contributed by atoms with E-state index in [0.717, 1.165) is 17.8 Å². The van der Waals surface area contributed by atoms with Crippen LogP contribution in [0.1, 0.15) is 21.7 Å². The third-order valence-corrected chi connectivity index (χ3v) is 5.88. The maximum atomic E-state index is 13.2. The fraction of sp³-hybridized carbons (Fsp3) is 0.304. The first kappa shape index (κ1) is 18.1. The van der Waals surface area contributed by atoms with Gasteiger partial charge in [0, 0.05) is 38.9 Å². The number of fused-ring (bicyclic) bond motifs is 1. The Morgan fingerprint density at radius 3 is 2.69 bits per heavy atom. The average molecular weight is 388 g/mol. The van der Waals surface area contributed by atoms with Crippen LogP contribution in [-0.2, 0) is 20.0 Å². The molecule has 2 aliphatic heterocycles. The molecule has 1 N–H and O–H groups in total. The summed E-state index contributed by atoms with van der Waals surface area (Å²) in [6.45, 7) is 2.72. The SMILES string of the molecule is Cn1nc(C(=O)N2CCc3c(-c4ccccc4)cccc32)cc1CN1CC(O)C1. The molecule has 148 valence electrons. The molecule has 0 unspecified atom stereocenters. The number of carbonyl (C=O) groups is 1. The zero-order chi connectivity index (χ0) is 20.0. The van der Waals surface area contributed by atoms with Gasteiger partial charge < -0.3 is 10.0 Å². The van der Waals surface area contributed by atoms with E-state index in [4.69, 9.17) is 0 Å². The van der Waals surface area contributed by atoms with Crippen molar-refractivity contribution in [1.82, 2.24) is 14.7 Å². The minimum atomic E-state index is -0.232. The van der Waals surface area contributed by atoms with Gasteiger partial charge in [0.1, 0.15) is 0 Å². The molecule has 1 fully saturated rings. The normalized spacial score (nSPS) is 16.7. The molecule has 5 rings (SSSR count). The summed E-state index contributed by atoms with van der Waals surface area (Å²) in [7, 11) is 1.87. The molecular weight excluding hydrogens is 364 g/mol. The lowest BCUT2D eigenvalue weighted by Gasteiger charge is -2.35. The molecule has 6 heteroatoms. The van der Waals surface area contributed by atoms with Crippen LogP contribution in [0.3, 0.4) is 0 Å². The molecule has 0 spiro atoms. The second kappa shape index (κ2) is 7.13. The predicted octanol–water partition coefficient (Wildman–Crippen LogP) is 2.47. The highest BCUT2D eigenvalue weighted by molar-refractivity contribution is 6.06. The summed E-state index contributed by atoms with van der Waals surface area (Å²) in [6.07, 6.45) is 0.613. The van der Waals surface area contributed by atoms with E-state index in [1.807, 2.05) is 48.3 Å². The van der Waals surface area contributed by atoms with Crippen molar-refractivity contribution in [2.24, 2.45) is 7.05 Å². The molecule has 1 saturated heterocycles. The molecule has 0 aliphatic carbocycles. The number of hydrogen-bond acceptors (Lipinski definition) is 4. The zero-order valence-corrected chi connectivity index (χ0v) is 16.5. The number of aryl methyl sites for hydroxylation is 1. The van der Waals surface area contributed by atoms with Crippen molar-refractivity contribution in [2.45, 2.75) is 19.1 Å². The summed E-state index contributed by atoms with van der Waals surface area (Å²) in [5.41, 5.74) is 6.03. The maximum Gasteiger partial charge on any atom is 0.278 e. The van der Waals surface area contributed by atoms with Gasteiger partial charge >= 0.3 is 0 Å². The Kier molecular flexibility index (Phi) is 4.45. The van der Waals surface area contributed by atoms with E-state index in [9.17, 15) is 9.90 Å². The number of benzene rings is 2. The Labute approximate surface area is 170 Å². The Balaban J connectivity index is 1.40. The molecule has 0 atom stereocenters. The van der Waals surface area contributed by atoms with Crippen molar-refractivity contribution in [2.75, 3.05) is 24.5 Å². The van der Waals surface area contributed by atoms with E-state index in [1.54, 1.807) is 4.68 Å². The summed E-state index contributed by atoms with van der Waals surface area (Å²) in [6, 6.07) is 18.4. The molecular formula is C23H24N4O2. The largest absolute Gasteiger partial charge is 0.390 e. The van der Waals surface area contributed by atoms with Gasteiger partial charge in [-0.25, -0.2) is 0 Å². The number of amides is 1. The van der Waals surface area contributed by atoms with Crippen molar-refractivity contribution < 1.29 is 9.90 Å². The summed E-state index contributed by atoms with van der Waals surface area (Å²) >= 11 is 0. The lowest BCUT2D eigenvalue weighted by Crippen LogP contribution is -2.50. The van der Waals surface area contributed by atoms with Crippen molar-refractivity contribution in [1.29, 1.82) is 0 Å². The number of carbonyl (C=O) groups excluding carboxylic acids is 1. The number of nitrogens with zero attached hydrogens (tertiary/aromatic N) is 4. The van der Waals surface area contributed by atoms with E-state index in [1.165, 1.54) is 16.7 Å². The third-order valence-electron chi connectivity index (χ3n) is 5.88. The molecule has 6 nitrogen and oxygen atoms in total. The van der Waals surface area contributed by atoms with E-state index < -0.39 is 0 Å². The lowest BCUT2D eigenvalue weighted by atomic mass is 9.98. The van der Waals surface area contributed by atoms with Gasteiger partial charge in [-0.1, -0.05) is 42.5 Å². The number of aliphatic hydroxyl groups is 1. The quantitative estimate of drug-likeness (QED) is 0.746. The highest BCUT2D eigenvalue weighted by Gasteiger charge is 2.30. The van der Waals surface area contributed by atoms with Crippen LogP contribution >= 0.6 is 0 Å². The topological polar surface area (TPSA) is 61.6 Å². The maximum absolute atomic E-state index is 13.2. The van der Waals surface area contributed by atoms with Crippen molar-refractivity contribution in [3.05, 3.63) is 71.5 Å². The standard InChI is InChI=1S/C23H24N4O2/c1-25-17(13-26-14-18(28)15-26)12-21(24-25)23(29)27-11-10-20-19(8-5-9-22(20)27)16-6-3-2-4-7-16/h2-9,12,18,28H,10-11,13-15H2,1H3. The minimum Gasteiger partial charge on any atom is -0.390 e. The number of aromatic nitrogens is 2. The van der Waals surface area contributed by atoms with Gasteiger partial charge in [-0.15, -0.1) is 0 Å². The smallest absolute Gasteiger partial charge is 0.278 e. The van der Waals surface area contributed by atoms with Crippen molar-refractivity contribution in [3.8, 4) is 11.1 Å². The number of anilines is 1. The van der Waals surface area contributed by atoms with E-state index >= 15 is 0 Å². The molecule has 0 bridgehead atoms. The first-order valence-corrected chi connectivity index (χ1v) is 10.0. The summed E-state index contributed by atoms with van der Waals surface area (Å²) in [5, 5.41) is 14.0. The van der Waals surface area contributed by atoms with Gasteiger partial charge in [0.05, 0.1) is 11.8 Å². The fourth-order valence-corrected chi connectivity index (χ4v) is 4.33. The number of aliphatic hydroxyl groups excluding tert-OH is 1. The third kappa shape index (κ3) is 3.24. The monoisotopic (exact) mass is 388 g/mol. The van der Waals surface area contributed by atoms with Gasteiger partial charge in [-0.2, -0.15) is 5.10 Å². The predicted molar refractivity (Wildman–Crippen MR) is 112 cm³/mol. The molecule has 3 heterocycles. The fourth-order valence-electron chi connectivity index (χ4n) is 4.33. The average Bonchev–Trinajstić information content (AvgIpc) is 3.31. The Morgan fingerprint density at radius 1 is 1.14 bits per heavy atom. The van der Waals surface area contributed by atoms with Gasteiger partial charge in [0.15, 0.2) is 5.69 Å². The highest BCUT2D eigenvalue weighted by Crippen LogP contribution is 2.36. The van der Waals surface area contributed by atoms with Gasteiger partial charge in [-0.3, -0.25) is 14.4 Å². The Morgan fingerprint density at radius 2 is 1.93 bits per heavy atom. The van der Waals surface area contributed by atoms with E-state index in [0.29, 0.717) is 31.9 Å². The minimum absolute atomic E-state index is 0.0561. The molecule has 1 amide bonds. The summed E-state index contributed by atoms with van der Waals surface area (Å²) in [5.74, 6) is -0.0561. The molecule has 0 saturated carbocycles. The van der Waals surface area contributed by atoms with Crippen LogP contribution in [0, 0.1) is 0 Å². The van der Waals surface area contributed by atoms with Crippen molar-refractivity contribution in [3.63, 3.8) is 0 Å². The van der Waals surface area contributed by atoms with Gasteiger partial charge in [0.25, 0.3) is 5.91 Å². The van der Waals surface area contributed by atoms with Crippen LogP contribution in [-0.4, -0.2) is 51.4 Å². The van der Waals surface area contributed by atoms with Crippen LogP contribution < -0.4 is 4.90 Å². The second-order valence-electron chi connectivity index (χ2n) is 7.87. The summed E-state index contributed by atoms with van der Waals surface area (Å²) < 4.78 is 1.77. The number of hydrogen-bond donors (Lipinski definition) is 1. The Bertz CT molecular complexity index is 1050. The zero-order valence-electron chi connectivity index (χ0n) is 16.5. The van der Waals surface area contributed by atoms with Crippen LogP contribution in [0.25, 0.3) is 11.1 Å². The number of rotatable bonds is 4. The molecule has 29 heavy (non-hydrogen) atoms. The summed E-state index contributed by atoms with van der Waals surface area (Å²) in [4.78, 5) is 17.2.